The number of amides is 1. The molecule has 0 unspecified atom stereocenters. The molecule has 0 aromatic heterocycles. The van der Waals surface area contributed by atoms with E-state index in [2.05, 4.69) is 24.4 Å². The van der Waals surface area contributed by atoms with Crippen LogP contribution in [-0.4, -0.2) is 32.4 Å². The Balaban J connectivity index is 1.71. The Kier molecular flexibility index (Phi) is 8.16. The summed E-state index contributed by atoms with van der Waals surface area (Å²) in [5.41, 5.74) is 3.30. The molecule has 1 N–H and O–H groups in total. The van der Waals surface area contributed by atoms with Gasteiger partial charge in [0.15, 0.2) is 6.61 Å². The predicted octanol–water partition coefficient (Wildman–Crippen LogP) is 3.65. The van der Waals surface area contributed by atoms with Crippen molar-refractivity contribution in [3.05, 3.63) is 54.1 Å². The number of nitrogens with zero attached hydrogens (tertiary/aromatic N) is 1. The number of carbonyl (C=O) groups excluding carboxylic acids is 1. The number of methoxy groups -OCH3 is 1. The highest BCUT2D eigenvalue weighted by molar-refractivity contribution is 5.83. The standard InChI is InChI=1S/C21H26N2O4/c1-16(2)12-13-26-19-6-4-17(5-7-19)14-22-23-21(24)15-27-20-10-8-18(25-3)9-11-20/h4-11,14,16H,12-13,15H2,1-3H3,(H,23,24). The topological polar surface area (TPSA) is 69.2 Å². The quantitative estimate of drug-likeness (QED) is 0.512. The number of hydrazone groups is 1. The number of rotatable bonds is 10. The van der Waals surface area contributed by atoms with E-state index in [1.807, 2.05) is 24.3 Å². The summed E-state index contributed by atoms with van der Waals surface area (Å²) in [6, 6.07) is 14.5. The zero-order valence-corrected chi connectivity index (χ0v) is 16.0. The highest BCUT2D eigenvalue weighted by Crippen LogP contribution is 2.16. The Labute approximate surface area is 160 Å². The minimum Gasteiger partial charge on any atom is -0.497 e. The lowest BCUT2D eigenvalue weighted by molar-refractivity contribution is -0.123. The van der Waals surface area contributed by atoms with Gasteiger partial charge in [0.05, 0.1) is 19.9 Å². The first-order valence-electron chi connectivity index (χ1n) is 8.88. The fourth-order valence-electron chi connectivity index (χ4n) is 2.09. The summed E-state index contributed by atoms with van der Waals surface area (Å²) in [5, 5.41) is 3.93. The molecule has 0 aliphatic carbocycles. The van der Waals surface area contributed by atoms with Gasteiger partial charge in [-0.25, -0.2) is 5.43 Å². The van der Waals surface area contributed by atoms with Crippen molar-refractivity contribution in [3.63, 3.8) is 0 Å². The SMILES string of the molecule is COc1ccc(OCC(=O)NN=Cc2ccc(OCCC(C)C)cc2)cc1. The lowest BCUT2D eigenvalue weighted by Crippen LogP contribution is -2.24. The Hall–Kier alpha value is -3.02. The van der Waals surface area contributed by atoms with Gasteiger partial charge in [-0.15, -0.1) is 0 Å². The van der Waals surface area contributed by atoms with Crippen molar-refractivity contribution in [1.82, 2.24) is 5.43 Å². The maximum Gasteiger partial charge on any atom is 0.277 e. The average Bonchev–Trinajstić information content (AvgIpc) is 2.68. The van der Waals surface area contributed by atoms with Crippen LogP contribution in [0.3, 0.4) is 0 Å². The van der Waals surface area contributed by atoms with E-state index >= 15 is 0 Å². The number of hydrogen-bond donors (Lipinski definition) is 1. The van der Waals surface area contributed by atoms with Crippen molar-refractivity contribution in [2.75, 3.05) is 20.3 Å². The maximum atomic E-state index is 11.8. The molecule has 0 aliphatic heterocycles. The van der Waals surface area contributed by atoms with Crippen LogP contribution in [0.2, 0.25) is 0 Å². The van der Waals surface area contributed by atoms with Crippen LogP contribution in [0, 0.1) is 5.92 Å². The normalized spacial score (nSPS) is 10.8. The lowest BCUT2D eigenvalue weighted by Gasteiger charge is -2.08. The average molecular weight is 370 g/mol. The summed E-state index contributed by atoms with van der Waals surface area (Å²) in [4.78, 5) is 11.8. The molecule has 6 heteroatoms. The minimum absolute atomic E-state index is 0.119. The highest BCUT2D eigenvalue weighted by atomic mass is 16.5. The van der Waals surface area contributed by atoms with Crippen LogP contribution in [-0.2, 0) is 4.79 Å². The second kappa shape index (κ2) is 10.9. The van der Waals surface area contributed by atoms with E-state index in [0.717, 1.165) is 23.5 Å². The van der Waals surface area contributed by atoms with E-state index in [-0.39, 0.29) is 12.5 Å². The van der Waals surface area contributed by atoms with Crippen LogP contribution >= 0.6 is 0 Å². The number of benzene rings is 2. The molecule has 0 spiro atoms. The number of carbonyl (C=O) groups is 1. The van der Waals surface area contributed by atoms with Crippen molar-refractivity contribution in [2.45, 2.75) is 20.3 Å². The van der Waals surface area contributed by atoms with E-state index in [4.69, 9.17) is 14.2 Å². The third-order valence-electron chi connectivity index (χ3n) is 3.68. The van der Waals surface area contributed by atoms with E-state index in [0.29, 0.717) is 18.3 Å². The summed E-state index contributed by atoms with van der Waals surface area (Å²) >= 11 is 0. The van der Waals surface area contributed by atoms with E-state index in [9.17, 15) is 4.79 Å². The van der Waals surface area contributed by atoms with Crippen molar-refractivity contribution in [1.29, 1.82) is 0 Å². The summed E-state index contributed by atoms with van der Waals surface area (Å²) in [6.07, 6.45) is 2.59. The molecule has 144 valence electrons. The fourth-order valence-corrected chi connectivity index (χ4v) is 2.09. The first kappa shape index (κ1) is 20.3. The summed E-state index contributed by atoms with van der Waals surface area (Å²) in [7, 11) is 1.59. The van der Waals surface area contributed by atoms with Crippen molar-refractivity contribution >= 4 is 12.1 Å². The molecule has 0 saturated carbocycles. The molecule has 0 fully saturated rings. The van der Waals surface area contributed by atoms with Crippen LogP contribution in [0.25, 0.3) is 0 Å². The molecule has 1 amide bonds. The van der Waals surface area contributed by atoms with Gasteiger partial charge in [-0.3, -0.25) is 4.79 Å². The van der Waals surface area contributed by atoms with Crippen LogP contribution < -0.4 is 19.6 Å². The first-order chi connectivity index (χ1) is 13.1. The Morgan fingerprint density at radius 1 is 1.00 bits per heavy atom. The summed E-state index contributed by atoms with van der Waals surface area (Å²) < 4.78 is 16.1. The zero-order valence-electron chi connectivity index (χ0n) is 16.0. The van der Waals surface area contributed by atoms with Gasteiger partial charge in [0.1, 0.15) is 17.2 Å². The molecule has 6 nitrogen and oxygen atoms in total. The molecule has 0 bridgehead atoms. The van der Waals surface area contributed by atoms with Crippen molar-refractivity contribution in [3.8, 4) is 17.2 Å². The van der Waals surface area contributed by atoms with Gasteiger partial charge in [0.2, 0.25) is 0 Å². The van der Waals surface area contributed by atoms with Gasteiger partial charge in [-0.05, 0) is 66.4 Å². The highest BCUT2D eigenvalue weighted by Gasteiger charge is 2.02. The lowest BCUT2D eigenvalue weighted by atomic mass is 10.1. The molecule has 0 saturated heterocycles. The second-order valence-electron chi connectivity index (χ2n) is 6.36. The fraction of sp³-hybridized carbons (Fsp3) is 0.333. The monoisotopic (exact) mass is 370 g/mol. The minimum atomic E-state index is -0.337. The molecule has 2 rings (SSSR count). The Morgan fingerprint density at radius 3 is 2.22 bits per heavy atom. The van der Waals surface area contributed by atoms with Crippen LogP contribution in [0.5, 0.6) is 17.2 Å². The van der Waals surface area contributed by atoms with Crippen LogP contribution in [0.1, 0.15) is 25.8 Å². The zero-order chi connectivity index (χ0) is 19.5. The van der Waals surface area contributed by atoms with Crippen molar-refractivity contribution in [2.24, 2.45) is 11.0 Å². The Morgan fingerprint density at radius 2 is 1.59 bits per heavy atom. The third-order valence-corrected chi connectivity index (χ3v) is 3.68. The van der Waals surface area contributed by atoms with Gasteiger partial charge < -0.3 is 14.2 Å². The number of ether oxygens (including phenoxy) is 3. The van der Waals surface area contributed by atoms with Gasteiger partial charge >= 0.3 is 0 Å². The molecular weight excluding hydrogens is 344 g/mol. The first-order valence-corrected chi connectivity index (χ1v) is 8.88. The largest absolute Gasteiger partial charge is 0.497 e. The second-order valence-corrected chi connectivity index (χ2v) is 6.36. The molecule has 0 radical (unpaired) electrons. The Bertz CT molecular complexity index is 725. The molecular formula is C21H26N2O4. The summed E-state index contributed by atoms with van der Waals surface area (Å²) in [5.74, 6) is 2.42. The van der Waals surface area contributed by atoms with Gasteiger partial charge in [-0.2, -0.15) is 5.10 Å². The van der Waals surface area contributed by atoms with Gasteiger partial charge in [-0.1, -0.05) is 13.8 Å². The van der Waals surface area contributed by atoms with Gasteiger partial charge in [0.25, 0.3) is 5.91 Å². The number of nitrogens with one attached hydrogen (secondary N) is 1. The van der Waals surface area contributed by atoms with Crippen LogP contribution in [0.4, 0.5) is 0 Å². The van der Waals surface area contributed by atoms with Crippen LogP contribution in [0.15, 0.2) is 53.6 Å². The molecule has 2 aromatic carbocycles. The smallest absolute Gasteiger partial charge is 0.277 e. The van der Waals surface area contributed by atoms with E-state index in [1.54, 1.807) is 37.6 Å². The predicted molar refractivity (Wildman–Crippen MR) is 106 cm³/mol. The number of hydrogen-bond acceptors (Lipinski definition) is 5. The van der Waals surface area contributed by atoms with E-state index < -0.39 is 0 Å². The van der Waals surface area contributed by atoms with Crippen molar-refractivity contribution < 1.29 is 19.0 Å². The molecule has 0 heterocycles. The molecule has 0 aliphatic rings. The third kappa shape index (κ3) is 7.81. The maximum absolute atomic E-state index is 11.8. The molecule has 0 atom stereocenters. The summed E-state index contributed by atoms with van der Waals surface area (Å²) in [6.45, 7) is 4.92. The molecule has 27 heavy (non-hydrogen) atoms. The molecule has 2 aromatic rings. The van der Waals surface area contributed by atoms with Gasteiger partial charge in [0, 0.05) is 0 Å². The van der Waals surface area contributed by atoms with E-state index in [1.165, 1.54) is 0 Å².